The summed E-state index contributed by atoms with van der Waals surface area (Å²) in [6.07, 6.45) is 2.18. The molecule has 31 heavy (non-hydrogen) atoms. The van der Waals surface area contributed by atoms with Crippen molar-refractivity contribution < 1.29 is 4.79 Å². The van der Waals surface area contributed by atoms with Crippen LogP contribution in [-0.4, -0.2) is 5.78 Å². The lowest BCUT2D eigenvalue weighted by molar-refractivity contribution is 0.103. The Balaban J connectivity index is 1.70. The lowest BCUT2D eigenvalue weighted by atomic mass is 9.92. The van der Waals surface area contributed by atoms with E-state index < -0.39 is 0 Å². The average Bonchev–Trinajstić information content (AvgIpc) is 2.78. The average molecular weight is 403 g/mol. The second kappa shape index (κ2) is 8.97. The number of carbonyl (C=O) groups excluding carboxylic acids is 1. The van der Waals surface area contributed by atoms with E-state index in [9.17, 15) is 4.79 Å². The summed E-state index contributed by atoms with van der Waals surface area (Å²) in [5.41, 5.74) is 9.32. The van der Waals surface area contributed by atoms with Gasteiger partial charge in [0.15, 0.2) is 5.78 Å². The Morgan fingerprint density at radius 2 is 1.10 bits per heavy atom. The molecule has 0 heterocycles. The first-order valence-electron chi connectivity index (χ1n) is 10.6. The number of ketones is 1. The molecular formula is C30H26O. The van der Waals surface area contributed by atoms with Gasteiger partial charge in [-0.25, -0.2) is 0 Å². The van der Waals surface area contributed by atoms with Crippen molar-refractivity contribution >= 4 is 17.4 Å². The predicted octanol–water partition coefficient (Wildman–Crippen LogP) is 7.43. The van der Waals surface area contributed by atoms with E-state index in [4.69, 9.17) is 0 Å². The molecule has 4 aromatic rings. The molecule has 0 aliphatic heterocycles. The Hall–Kier alpha value is -3.71. The molecule has 0 saturated heterocycles. The molecule has 0 amide bonds. The van der Waals surface area contributed by atoms with E-state index in [0.717, 1.165) is 27.8 Å². The van der Waals surface area contributed by atoms with E-state index in [0.29, 0.717) is 5.56 Å². The Morgan fingerprint density at radius 1 is 0.613 bits per heavy atom. The Labute approximate surface area is 184 Å². The fraction of sp³-hybridized carbons (Fsp3) is 0.100. The summed E-state index contributed by atoms with van der Waals surface area (Å²) in [6.45, 7) is 6.08. The Morgan fingerprint density at radius 3 is 1.58 bits per heavy atom. The third-order valence-corrected chi connectivity index (χ3v) is 5.56. The van der Waals surface area contributed by atoms with Gasteiger partial charge in [0, 0.05) is 11.1 Å². The van der Waals surface area contributed by atoms with Gasteiger partial charge < -0.3 is 0 Å². The quantitative estimate of drug-likeness (QED) is 0.250. The van der Waals surface area contributed by atoms with Crippen LogP contribution in [0.25, 0.3) is 11.6 Å². The van der Waals surface area contributed by atoms with Crippen molar-refractivity contribution in [3.63, 3.8) is 0 Å². The molecule has 0 aliphatic carbocycles. The minimum Gasteiger partial charge on any atom is -0.289 e. The molecule has 0 fully saturated rings. The van der Waals surface area contributed by atoms with Gasteiger partial charge in [-0.15, -0.1) is 0 Å². The van der Waals surface area contributed by atoms with Crippen LogP contribution in [0.2, 0.25) is 0 Å². The van der Waals surface area contributed by atoms with Crippen LogP contribution in [-0.2, 0) is 0 Å². The highest BCUT2D eigenvalue weighted by atomic mass is 16.1. The molecule has 0 aliphatic rings. The monoisotopic (exact) mass is 402 g/mol. The fourth-order valence-corrected chi connectivity index (χ4v) is 4.15. The first kappa shape index (κ1) is 20.6. The second-order valence-corrected chi connectivity index (χ2v) is 8.01. The maximum Gasteiger partial charge on any atom is 0.193 e. The predicted molar refractivity (Wildman–Crippen MR) is 130 cm³/mol. The first-order chi connectivity index (χ1) is 15.0. The van der Waals surface area contributed by atoms with Gasteiger partial charge >= 0.3 is 0 Å². The van der Waals surface area contributed by atoms with E-state index in [1.807, 2.05) is 50.2 Å². The number of rotatable bonds is 5. The molecule has 1 heteroatoms. The van der Waals surface area contributed by atoms with E-state index in [1.165, 1.54) is 16.7 Å². The van der Waals surface area contributed by atoms with Crippen molar-refractivity contribution in [2.24, 2.45) is 0 Å². The van der Waals surface area contributed by atoms with Crippen molar-refractivity contribution in [3.05, 3.63) is 142 Å². The van der Waals surface area contributed by atoms with Crippen LogP contribution in [0.4, 0.5) is 0 Å². The molecule has 4 rings (SSSR count). The summed E-state index contributed by atoms with van der Waals surface area (Å²) in [5, 5.41) is 0. The standard InChI is InChI=1S/C30H26O/c1-21-18-22(2)29(23(3)19-21)30(31)27-16-14-24(15-17-27)20-28(25-10-6-4-7-11-25)26-12-8-5-9-13-26/h4-20H,1-3H3. The number of hydrogen-bond acceptors (Lipinski definition) is 1. The Bertz CT molecular complexity index is 1170. The minimum atomic E-state index is 0.0804. The van der Waals surface area contributed by atoms with Crippen LogP contribution < -0.4 is 0 Å². The zero-order valence-electron chi connectivity index (χ0n) is 18.2. The van der Waals surface area contributed by atoms with Gasteiger partial charge in [-0.3, -0.25) is 4.79 Å². The second-order valence-electron chi connectivity index (χ2n) is 8.01. The molecule has 1 nitrogen and oxygen atoms in total. The SMILES string of the molecule is Cc1cc(C)c(C(=O)c2ccc(C=C(c3ccccc3)c3ccccc3)cc2)c(C)c1. The topological polar surface area (TPSA) is 17.1 Å². The van der Waals surface area contributed by atoms with Gasteiger partial charge in [0.2, 0.25) is 0 Å². The number of aryl methyl sites for hydroxylation is 3. The van der Waals surface area contributed by atoms with Crippen molar-refractivity contribution in [2.45, 2.75) is 20.8 Å². The third kappa shape index (κ3) is 4.57. The van der Waals surface area contributed by atoms with Crippen LogP contribution in [0.5, 0.6) is 0 Å². The van der Waals surface area contributed by atoms with Gasteiger partial charge in [0.1, 0.15) is 0 Å². The van der Waals surface area contributed by atoms with Gasteiger partial charge in [-0.1, -0.05) is 103 Å². The third-order valence-electron chi connectivity index (χ3n) is 5.56. The maximum atomic E-state index is 13.2. The zero-order chi connectivity index (χ0) is 21.8. The summed E-state index contributed by atoms with van der Waals surface area (Å²) in [6, 6.07) is 32.8. The molecule has 0 radical (unpaired) electrons. The summed E-state index contributed by atoms with van der Waals surface area (Å²) >= 11 is 0. The van der Waals surface area contributed by atoms with Crippen LogP contribution in [0.3, 0.4) is 0 Å². The highest BCUT2D eigenvalue weighted by Gasteiger charge is 2.15. The lowest BCUT2D eigenvalue weighted by Gasteiger charge is -2.11. The highest BCUT2D eigenvalue weighted by molar-refractivity contribution is 6.11. The fourth-order valence-electron chi connectivity index (χ4n) is 4.15. The summed E-state index contributed by atoms with van der Waals surface area (Å²) in [5.74, 6) is 0.0804. The lowest BCUT2D eigenvalue weighted by Crippen LogP contribution is -2.06. The molecule has 0 atom stereocenters. The normalized spacial score (nSPS) is 10.5. The molecule has 0 unspecified atom stereocenters. The summed E-state index contributed by atoms with van der Waals surface area (Å²) in [4.78, 5) is 13.2. The van der Waals surface area contributed by atoms with Crippen molar-refractivity contribution in [1.82, 2.24) is 0 Å². The van der Waals surface area contributed by atoms with E-state index >= 15 is 0 Å². The summed E-state index contributed by atoms with van der Waals surface area (Å²) in [7, 11) is 0. The molecule has 0 spiro atoms. The van der Waals surface area contributed by atoms with Crippen LogP contribution in [0.1, 0.15) is 49.3 Å². The minimum absolute atomic E-state index is 0.0804. The van der Waals surface area contributed by atoms with E-state index in [2.05, 4.69) is 73.7 Å². The summed E-state index contributed by atoms with van der Waals surface area (Å²) < 4.78 is 0. The van der Waals surface area contributed by atoms with Gasteiger partial charge in [-0.05, 0) is 60.2 Å². The number of benzene rings is 4. The van der Waals surface area contributed by atoms with Crippen LogP contribution in [0, 0.1) is 20.8 Å². The van der Waals surface area contributed by atoms with Crippen molar-refractivity contribution in [3.8, 4) is 0 Å². The molecular weight excluding hydrogens is 376 g/mol. The Kier molecular flexibility index (Phi) is 5.95. The number of hydrogen-bond donors (Lipinski definition) is 0. The molecule has 0 N–H and O–H groups in total. The molecule has 4 aromatic carbocycles. The first-order valence-corrected chi connectivity index (χ1v) is 10.6. The smallest absolute Gasteiger partial charge is 0.193 e. The van der Waals surface area contributed by atoms with E-state index in [-0.39, 0.29) is 5.78 Å². The van der Waals surface area contributed by atoms with Gasteiger partial charge in [-0.2, -0.15) is 0 Å². The zero-order valence-corrected chi connectivity index (χ0v) is 18.2. The molecule has 152 valence electrons. The molecule has 0 bridgehead atoms. The number of carbonyl (C=O) groups is 1. The van der Waals surface area contributed by atoms with Gasteiger partial charge in [0.05, 0.1) is 0 Å². The molecule has 0 saturated carbocycles. The maximum absolute atomic E-state index is 13.2. The molecule has 0 aromatic heterocycles. The highest BCUT2D eigenvalue weighted by Crippen LogP contribution is 2.27. The largest absolute Gasteiger partial charge is 0.289 e. The van der Waals surface area contributed by atoms with Crippen LogP contribution >= 0.6 is 0 Å². The van der Waals surface area contributed by atoms with Crippen molar-refractivity contribution in [2.75, 3.05) is 0 Å². The van der Waals surface area contributed by atoms with Crippen molar-refractivity contribution in [1.29, 1.82) is 0 Å². The van der Waals surface area contributed by atoms with E-state index in [1.54, 1.807) is 0 Å². The van der Waals surface area contributed by atoms with Gasteiger partial charge in [0.25, 0.3) is 0 Å². The van der Waals surface area contributed by atoms with Crippen LogP contribution in [0.15, 0.2) is 97.1 Å².